The zero-order valence-corrected chi connectivity index (χ0v) is 14.5. The van der Waals surface area contributed by atoms with Crippen molar-refractivity contribution in [3.8, 4) is 0 Å². The van der Waals surface area contributed by atoms with Crippen LogP contribution in [-0.2, 0) is 14.3 Å². The number of carbonyl (C=O) groups excluding carboxylic acids is 1. The minimum atomic E-state index is -0.217. The van der Waals surface area contributed by atoms with Crippen molar-refractivity contribution in [1.82, 2.24) is 14.9 Å². The summed E-state index contributed by atoms with van der Waals surface area (Å²) in [6.07, 6.45) is 8.06. The first-order valence-corrected chi connectivity index (χ1v) is 9.28. The number of anilines is 1. The average Bonchev–Trinajstić information content (AvgIpc) is 3.04. The van der Waals surface area contributed by atoms with E-state index in [4.69, 9.17) is 9.47 Å². The van der Waals surface area contributed by atoms with Gasteiger partial charge in [0.05, 0.1) is 18.2 Å². The molecule has 3 saturated heterocycles. The van der Waals surface area contributed by atoms with Crippen molar-refractivity contribution in [1.29, 1.82) is 0 Å². The van der Waals surface area contributed by atoms with E-state index in [0.717, 1.165) is 38.6 Å². The maximum atomic E-state index is 12.8. The summed E-state index contributed by atoms with van der Waals surface area (Å²) in [6.45, 7) is 3.60. The van der Waals surface area contributed by atoms with Gasteiger partial charge in [-0.05, 0) is 31.7 Å². The van der Waals surface area contributed by atoms with E-state index in [1.807, 2.05) is 4.90 Å². The zero-order chi connectivity index (χ0) is 17.1. The molecule has 1 aromatic heterocycles. The molecule has 0 unspecified atom stereocenters. The SMILES string of the molecule is O=C(C1CCOCC1)N1CCC[C@]2(C[C@@H](Nc3ncccn3)CO2)C1. The highest BCUT2D eigenvalue weighted by atomic mass is 16.5. The van der Waals surface area contributed by atoms with E-state index in [1.165, 1.54) is 0 Å². The first-order valence-electron chi connectivity index (χ1n) is 9.28. The molecule has 136 valence electrons. The van der Waals surface area contributed by atoms with Gasteiger partial charge in [0.1, 0.15) is 0 Å². The zero-order valence-electron chi connectivity index (χ0n) is 14.5. The number of piperidine rings is 1. The molecule has 7 nitrogen and oxygen atoms in total. The number of likely N-dealkylation sites (tertiary alicyclic amines) is 1. The molecule has 7 heteroatoms. The Kier molecular flexibility index (Phi) is 4.85. The standard InChI is InChI=1S/C18H26N4O3/c23-16(14-3-9-24-10-4-14)22-8-1-5-18(13-22)11-15(12-25-18)21-17-19-6-2-7-20-17/h2,6-7,14-15H,1,3-5,8-13H2,(H,19,20,21)/t15-,18+/m1/s1. The predicted octanol–water partition coefficient (Wildman–Crippen LogP) is 1.47. The number of hydrogen-bond acceptors (Lipinski definition) is 6. The highest BCUT2D eigenvalue weighted by Crippen LogP contribution is 2.36. The second-order valence-electron chi connectivity index (χ2n) is 7.36. The first-order chi connectivity index (χ1) is 12.2. The van der Waals surface area contributed by atoms with Crippen LogP contribution in [0.2, 0.25) is 0 Å². The molecule has 0 radical (unpaired) electrons. The number of nitrogens with zero attached hydrogens (tertiary/aromatic N) is 3. The maximum Gasteiger partial charge on any atom is 0.225 e. The third-order valence-corrected chi connectivity index (χ3v) is 5.53. The summed E-state index contributed by atoms with van der Waals surface area (Å²) in [6, 6.07) is 2.00. The molecule has 1 N–H and O–H groups in total. The number of ether oxygens (including phenoxy) is 2. The highest BCUT2D eigenvalue weighted by molar-refractivity contribution is 5.79. The monoisotopic (exact) mass is 346 g/mol. The molecule has 1 spiro atoms. The lowest BCUT2D eigenvalue weighted by Crippen LogP contribution is -2.52. The largest absolute Gasteiger partial charge is 0.381 e. The molecule has 1 aromatic rings. The summed E-state index contributed by atoms with van der Waals surface area (Å²) < 4.78 is 11.6. The highest BCUT2D eigenvalue weighted by Gasteiger charge is 2.45. The summed E-state index contributed by atoms with van der Waals surface area (Å²) >= 11 is 0. The number of rotatable bonds is 3. The van der Waals surface area contributed by atoms with Crippen molar-refractivity contribution >= 4 is 11.9 Å². The summed E-state index contributed by atoms with van der Waals surface area (Å²) in [4.78, 5) is 23.3. The van der Waals surface area contributed by atoms with Crippen LogP contribution < -0.4 is 5.32 Å². The predicted molar refractivity (Wildman–Crippen MR) is 92.1 cm³/mol. The van der Waals surface area contributed by atoms with Crippen LogP contribution in [0.15, 0.2) is 18.5 Å². The Morgan fingerprint density at radius 3 is 2.88 bits per heavy atom. The van der Waals surface area contributed by atoms with Crippen LogP contribution in [0.4, 0.5) is 5.95 Å². The summed E-state index contributed by atoms with van der Waals surface area (Å²) in [5, 5.41) is 3.35. The molecular weight excluding hydrogens is 320 g/mol. The maximum absolute atomic E-state index is 12.8. The molecule has 0 bridgehead atoms. The Balaban J connectivity index is 1.36. The number of carbonyl (C=O) groups is 1. The molecule has 1 amide bonds. The van der Waals surface area contributed by atoms with Crippen LogP contribution in [0.5, 0.6) is 0 Å². The molecule has 2 atom stereocenters. The van der Waals surface area contributed by atoms with Crippen LogP contribution in [-0.4, -0.2) is 65.3 Å². The Bertz CT molecular complexity index is 593. The third kappa shape index (κ3) is 3.77. The fourth-order valence-electron chi connectivity index (χ4n) is 4.27. The van der Waals surface area contributed by atoms with E-state index in [-0.39, 0.29) is 23.5 Å². The Morgan fingerprint density at radius 2 is 2.08 bits per heavy atom. The molecule has 3 fully saturated rings. The molecule has 4 heterocycles. The van der Waals surface area contributed by atoms with Crippen molar-refractivity contribution in [3.63, 3.8) is 0 Å². The minimum Gasteiger partial charge on any atom is -0.381 e. The lowest BCUT2D eigenvalue weighted by atomic mass is 9.87. The second kappa shape index (κ2) is 7.25. The van der Waals surface area contributed by atoms with Crippen LogP contribution in [0, 0.1) is 5.92 Å². The Morgan fingerprint density at radius 1 is 1.28 bits per heavy atom. The summed E-state index contributed by atoms with van der Waals surface area (Å²) in [5.74, 6) is 1.05. The van der Waals surface area contributed by atoms with Crippen molar-refractivity contribution in [2.45, 2.75) is 43.7 Å². The van der Waals surface area contributed by atoms with E-state index < -0.39 is 0 Å². The fraction of sp³-hybridized carbons (Fsp3) is 0.722. The number of hydrogen-bond donors (Lipinski definition) is 1. The molecule has 25 heavy (non-hydrogen) atoms. The molecule has 0 aromatic carbocycles. The third-order valence-electron chi connectivity index (χ3n) is 5.53. The summed E-state index contributed by atoms with van der Waals surface area (Å²) in [7, 11) is 0. The Hall–Kier alpha value is -1.73. The van der Waals surface area contributed by atoms with E-state index >= 15 is 0 Å². The van der Waals surface area contributed by atoms with Gasteiger partial charge in [-0.1, -0.05) is 0 Å². The molecule has 4 rings (SSSR count). The molecule has 3 aliphatic rings. The molecule has 3 aliphatic heterocycles. The van der Waals surface area contributed by atoms with Gasteiger partial charge in [0, 0.05) is 51.0 Å². The van der Waals surface area contributed by atoms with Crippen LogP contribution in [0.3, 0.4) is 0 Å². The minimum absolute atomic E-state index is 0.122. The normalized spacial score (nSPS) is 30.6. The van der Waals surface area contributed by atoms with Gasteiger partial charge in [0.25, 0.3) is 0 Å². The van der Waals surface area contributed by atoms with Crippen molar-refractivity contribution in [3.05, 3.63) is 18.5 Å². The van der Waals surface area contributed by atoms with Gasteiger partial charge in [0.15, 0.2) is 0 Å². The number of aromatic nitrogens is 2. The molecule has 0 aliphatic carbocycles. The van der Waals surface area contributed by atoms with Crippen molar-refractivity contribution in [2.75, 3.05) is 38.2 Å². The van der Waals surface area contributed by atoms with Crippen LogP contribution >= 0.6 is 0 Å². The van der Waals surface area contributed by atoms with Gasteiger partial charge >= 0.3 is 0 Å². The van der Waals surface area contributed by atoms with Crippen LogP contribution in [0.1, 0.15) is 32.1 Å². The van der Waals surface area contributed by atoms with Gasteiger partial charge in [0.2, 0.25) is 11.9 Å². The Labute approximate surface area is 148 Å². The lowest BCUT2D eigenvalue weighted by Gasteiger charge is -2.41. The number of nitrogens with one attached hydrogen (secondary N) is 1. The lowest BCUT2D eigenvalue weighted by molar-refractivity contribution is -0.146. The van der Waals surface area contributed by atoms with Crippen molar-refractivity contribution in [2.24, 2.45) is 5.92 Å². The smallest absolute Gasteiger partial charge is 0.225 e. The topological polar surface area (TPSA) is 76.6 Å². The average molecular weight is 346 g/mol. The van der Waals surface area contributed by atoms with Crippen LogP contribution in [0.25, 0.3) is 0 Å². The van der Waals surface area contributed by atoms with E-state index in [9.17, 15) is 4.79 Å². The van der Waals surface area contributed by atoms with Gasteiger partial charge in [-0.2, -0.15) is 0 Å². The molecule has 0 saturated carbocycles. The fourth-order valence-corrected chi connectivity index (χ4v) is 4.27. The van der Waals surface area contributed by atoms with Gasteiger partial charge in [-0.15, -0.1) is 0 Å². The van der Waals surface area contributed by atoms with Crippen molar-refractivity contribution < 1.29 is 14.3 Å². The first kappa shape index (κ1) is 16.7. The van der Waals surface area contributed by atoms with E-state index in [1.54, 1.807) is 18.5 Å². The number of amides is 1. The van der Waals surface area contributed by atoms with E-state index in [2.05, 4.69) is 15.3 Å². The summed E-state index contributed by atoms with van der Waals surface area (Å²) in [5.41, 5.74) is -0.217. The van der Waals surface area contributed by atoms with E-state index in [0.29, 0.717) is 32.3 Å². The quantitative estimate of drug-likeness (QED) is 0.893. The van der Waals surface area contributed by atoms with Gasteiger partial charge in [-0.25, -0.2) is 9.97 Å². The van der Waals surface area contributed by atoms with Gasteiger partial charge in [-0.3, -0.25) is 4.79 Å². The molecular formula is C18H26N4O3. The van der Waals surface area contributed by atoms with Gasteiger partial charge < -0.3 is 19.7 Å². The second-order valence-corrected chi connectivity index (χ2v) is 7.36.